The molecule has 0 radical (unpaired) electrons. The lowest BCUT2D eigenvalue weighted by molar-refractivity contribution is -0.127. The quantitative estimate of drug-likeness (QED) is 0.723. The second-order valence-electron chi connectivity index (χ2n) is 4.60. The van der Waals surface area contributed by atoms with Crippen molar-refractivity contribution in [2.24, 2.45) is 11.1 Å². The molecule has 1 atom stereocenters. The Morgan fingerprint density at radius 1 is 1.56 bits per heavy atom. The number of nitrogens with one attached hydrogen (secondary N) is 1. The van der Waals surface area contributed by atoms with E-state index < -0.39 is 10.0 Å². The van der Waals surface area contributed by atoms with Gasteiger partial charge >= 0.3 is 0 Å². The van der Waals surface area contributed by atoms with Gasteiger partial charge in [-0.2, -0.15) is 5.10 Å². The fourth-order valence-electron chi connectivity index (χ4n) is 2.19. The van der Waals surface area contributed by atoms with Gasteiger partial charge in [-0.3, -0.25) is 9.89 Å². The molecule has 0 bridgehead atoms. The SMILES string of the molecule is NS(=O)(=O)CC1CC(=O)N(CCc2cn[nH]c2)C1. The largest absolute Gasteiger partial charge is 0.342 e. The number of rotatable bonds is 5. The number of hydrogen-bond donors (Lipinski definition) is 2. The Kier molecular flexibility index (Phi) is 3.67. The molecule has 0 spiro atoms. The third-order valence-corrected chi connectivity index (χ3v) is 3.92. The van der Waals surface area contributed by atoms with E-state index in [0.29, 0.717) is 19.5 Å². The Hall–Kier alpha value is -1.41. The first kappa shape index (κ1) is 13.0. The summed E-state index contributed by atoms with van der Waals surface area (Å²) in [4.78, 5) is 13.4. The van der Waals surface area contributed by atoms with Crippen LogP contribution >= 0.6 is 0 Å². The fourth-order valence-corrected chi connectivity index (χ4v) is 3.07. The third kappa shape index (κ3) is 3.54. The van der Waals surface area contributed by atoms with E-state index in [-0.39, 0.29) is 24.0 Å². The fraction of sp³-hybridized carbons (Fsp3) is 0.600. The second-order valence-corrected chi connectivity index (χ2v) is 6.26. The number of H-pyrrole nitrogens is 1. The Bertz CT molecular complexity index is 511. The number of amides is 1. The van der Waals surface area contributed by atoms with Crippen molar-refractivity contribution < 1.29 is 13.2 Å². The normalized spacial score (nSPS) is 20.6. The summed E-state index contributed by atoms with van der Waals surface area (Å²) in [6.45, 7) is 1.05. The number of sulfonamides is 1. The van der Waals surface area contributed by atoms with Crippen LogP contribution in [-0.4, -0.2) is 48.3 Å². The molecule has 1 unspecified atom stereocenters. The Labute approximate surface area is 105 Å². The van der Waals surface area contributed by atoms with Gasteiger partial charge in [0.2, 0.25) is 15.9 Å². The molecule has 18 heavy (non-hydrogen) atoms. The van der Waals surface area contributed by atoms with E-state index in [1.54, 1.807) is 17.3 Å². The van der Waals surface area contributed by atoms with Gasteiger partial charge in [0.1, 0.15) is 0 Å². The van der Waals surface area contributed by atoms with Crippen molar-refractivity contribution in [1.29, 1.82) is 0 Å². The molecule has 0 saturated carbocycles. The van der Waals surface area contributed by atoms with Gasteiger partial charge in [0.15, 0.2) is 0 Å². The zero-order chi connectivity index (χ0) is 13.2. The van der Waals surface area contributed by atoms with Gasteiger partial charge in [0.25, 0.3) is 0 Å². The summed E-state index contributed by atoms with van der Waals surface area (Å²) in [5.41, 5.74) is 1.03. The zero-order valence-electron chi connectivity index (χ0n) is 9.87. The van der Waals surface area contributed by atoms with Crippen molar-refractivity contribution >= 4 is 15.9 Å². The summed E-state index contributed by atoms with van der Waals surface area (Å²) in [6.07, 6.45) is 4.47. The first-order chi connectivity index (χ1) is 8.44. The summed E-state index contributed by atoms with van der Waals surface area (Å²) >= 11 is 0. The Morgan fingerprint density at radius 2 is 2.33 bits per heavy atom. The first-order valence-electron chi connectivity index (χ1n) is 5.70. The van der Waals surface area contributed by atoms with Gasteiger partial charge < -0.3 is 4.90 Å². The van der Waals surface area contributed by atoms with E-state index in [4.69, 9.17) is 5.14 Å². The lowest BCUT2D eigenvalue weighted by atomic mass is 10.1. The number of nitrogens with zero attached hydrogens (tertiary/aromatic N) is 2. The first-order valence-corrected chi connectivity index (χ1v) is 7.41. The molecule has 1 amide bonds. The number of aromatic amines is 1. The van der Waals surface area contributed by atoms with Crippen molar-refractivity contribution in [1.82, 2.24) is 15.1 Å². The van der Waals surface area contributed by atoms with Crippen molar-refractivity contribution in [2.45, 2.75) is 12.8 Å². The summed E-state index contributed by atoms with van der Waals surface area (Å²) in [6, 6.07) is 0. The monoisotopic (exact) mass is 272 g/mol. The topological polar surface area (TPSA) is 109 Å². The average molecular weight is 272 g/mol. The maximum atomic E-state index is 11.7. The minimum Gasteiger partial charge on any atom is -0.342 e. The number of nitrogens with two attached hydrogens (primary N) is 1. The van der Waals surface area contributed by atoms with Crippen molar-refractivity contribution in [3.8, 4) is 0 Å². The van der Waals surface area contributed by atoms with Crippen LogP contribution in [0.15, 0.2) is 12.4 Å². The average Bonchev–Trinajstić information content (AvgIpc) is 2.83. The second kappa shape index (κ2) is 5.07. The number of carbonyl (C=O) groups excluding carboxylic acids is 1. The molecule has 1 aliphatic heterocycles. The minimum atomic E-state index is -3.51. The maximum absolute atomic E-state index is 11.7. The highest BCUT2D eigenvalue weighted by Crippen LogP contribution is 2.19. The van der Waals surface area contributed by atoms with Crippen molar-refractivity contribution in [3.63, 3.8) is 0 Å². The van der Waals surface area contributed by atoms with Crippen LogP contribution in [0, 0.1) is 5.92 Å². The number of hydrogen-bond acceptors (Lipinski definition) is 4. The number of aromatic nitrogens is 2. The van der Waals surface area contributed by atoms with E-state index in [1.807, 2.05) is 0 Å². The van der Waals surface area contributed by atoms with Crippen LogP contribution in [0.3, 0.4) is 0 Å². The molecule has 1 fully saturated rings. The molecule has 1 aromatic heterocycles. The summed E-state index contributed by atoms with van der Waals surface area (Å²) in [5, 5.41) is 11.5. The predicted octanol–water partition coefficient (Wildman–Crippen LogP) is -0.911. The zero-order valence-corrected chi connectivity index (χ0v) is 10.7. The van der Waals surface area contributed by atoms with Crippen molar-refractivity contribution in [3.05, 3.63) is 18.0 Å². The Balaban J connectivity index is 1.86. The molecule has 0 aliphatic carbocycles. The van der Waals surface area contributed by atoms with E-state index in [1.165, 1.54) is 0 Å². The molecule has 1 aliphatic rings. The van der Waals surface area contributed by atoms with Gasteiger partial charge in [-0.05, 0) is 12.0 Å². The lowest BCUT2D eigenvalue weighted by Gasteiger charge is -2.15. The molecule has 0 aromatic carbocycles. The maximum Gasteiger partial charge on any atom is 0.222 e. The molecular formula is C10H16N4O3S. The number of carbonyl (C=O) groups is 1. The van der Waals surface area contributed by atoms with Crippen LogP contribution in [-0.2, 0) is 21.2 Å². The minimum absolute atomic E-state index is 0.00727. The Morgan fingerprint density at radius 3 is 2.94 bits per heavy atom. The van der Waals surface area contributed by atoms with Crippen LogP contribution in [0.2, 0.25) is 0 Å². The molecule has 7 nitrogen and oxygen atoms in total. The standard InChI is InChI=1S/C10H16N4O3S/c11-18(16,17)7-9-3-10(15)14(6-9)2-1-8-4-12-13-5-8/h4-5,9H,1-3,6-7H2,(H,12,13)(H2,11,16,17). The highest BCUT2D eigenvalue weighted by atomic mass is 32.2. The predicted molar refractivity (Wildman–Crippen MR) is 65.0 cm³/mol. The van der Waals surface area contributed by atoms with Gasteiger partial charge in [-0.15, -0.1) is 0 Å². The molecule has 2 rings (SSSR count). The smallest absolute Gasteiger partial charge is 0.222 e. The van der Waals surface area contributed by atoms with Gasteiger partial charge in [-0.1, -0.05) is 0 Å². The molecule has 8 heteroatoms. The highest BCUT2D eigenvalue weighted by Gasteiger charge is 2.31. The van der Waals surface area contributed by atoms with Crippen LogP contribution in [0.25, 0.3) is 0 Å². The van der Waals surface area contributed by atoms with Gasteiger partial charge in [0, 0.05) is 31.6 Å². The van der Waals surface area contributed by atoms with E-state index in [9.17, 15) is 13.2 Å². The molecule has 1 aromatic rings. The summed E-state index contributed by atoms with van der Waals surface area (Å²) in [5.74, 6) is -0.315. The number of likely N-dealkylation sites (tertiary alicyclic amines) is 1. The van der Waals surface area contributed by atoms with Crippen molar-refractivity contribution in [2.75, 3.05) is 18.8 Å². The van der Waals surface area contributed by atoms with Crippen LogP contribution in [0.4, 0.5) is 0 Å². The summed E-state index contributed by atoms with van der Waals surface area (Å²) < 4.78 is 22.0. The van der Waals surface area contributed by atoms with Crippen LogP contribution in [0.5, 0.6) is 0 Å². The van der Waals surface area contributed by atoms with E-state index in [2.05, 4.69) is 10.2 Å². The van der Waals surface area contributed by atoms with E-state index >= 15 is 0 Å². The van der Waals surface area contributed by atoms with Gasteiger partial charge in [-0.25, -0.2) is 13.6 Å². The summed E-state index contributed by atoms with van der Waals surface area (Å²) in [7, 11) is -3.51. The lowest BCUT2D eigenvalue weighted by Crippen LogP contribution is -2.29. The van der Waals surface area contributed by atoms with Crippen LogP contribution < -0.4 is 5.14 Å². The van der Waals surface area contributed by atoms with Gasteiger partial charge in [0.05, 0.1) is 11.9 Å². The van der Waals surface area contributed by atoms with Crippen LogP contribution in [0.1, 0.15) is 12.0 Å². The molecular weight excluding hydrogens is 256 g/mol. The molecule has 100 valence electrons. The molecule has 3 N–H and O–H groups in total. The number of primary sulfonamides is 1. The molecule has 2 heterocycles. The third-order valence-electron chi connectivity index (χ3n) is 2.99. The van der Waals surface area contributed by atoms with E-state index in [0.717, 1.165) is 5.56 Å². The molecule has 1 saturated heterocycles. The highest BCUT2D eigenvalue weighted by molar-refractivity contribution is 7.89.